The molecule has 2 N–H and O–H groups in total. The molecule has 0 spiro atoms. The van der Waals surface area contributed by atoms with Crippen LogP contribution in [0.4, 0.5) is 0 Å². The summed E-state index contributed by atoms with van der Waals surface area (Å²) in [5.41, 5.74) is 9.58. The molecule has 0 saturated heterocycles. The number of likely N-dealkylation sites (N-methyl/N-ethyl adjacent to an activating group) is 2. The van der Waals surface area contributed by atoms with Crippen molar-refractivity contribution in [1.82, 2.24) is 20.7 Å². The maximum atomic E-state index is 5.52. The molecule has 0 aliphatic carbocycles. The number of benzene rings is 2. The Hall–Kier alpha value is -2.84. The molecule has 0 aromatic heterocycles. The number of rotatable bonds is 9. The van der Waals surface area contributed by atoms with Gasteiger partial charge in [0, 0.05) is 39.3 Å². The van der Waals surface area contributed by atoms with Crippen molar-refractivity contribution in [2.24, 2.45) is 10.2 Å². The van der Waals surface area contributed by atoms with Gasteiger partial charge in [0.2, 0.25) is 0 Å². The van der Waals surface area contributed by atoms with Crippen LogP contribution in [0.1, 0.15) is 11.1 Å². The van der Waals surface area contributed by atoms with E-state index in [2.05, 4.69) is 21.1 Å². The number of hydrogen-bond acceptors (Lipinski definition) is 6. The highest BCUT2D eigenvalue weighted by atomic mass is 32.1. The molecule has 0 amide bonds. The molecule has 0 saturated carbocycles. The quantitative estimate of drug-likeness (QED) is 0.271. The van der Waals surface area contributed by atoms with Gasteiger partial charge in [-0.2, -0.15) is 10.2 Å². The molecular weight excluding hydrogens is 412 g/mol. The van der Waals surface area contributed by atoms with Gasteiger partial charge in [0.1, 0.15) is 21.4 Å². The third-order valence-electron chi connectivity index (χ3n) is 4.04. The van der Waals surface area contributed by atoms with E-state index in [1.54, 1.807) is 0 Å². The van der Waals surface area contributed by atoms with Gasteiger partial charge in [0.05, 0.1) is 13.1 Å². The Morgan fingerprint density at radius 1 is 0.667 bits per heavy atom. The van der Waals surface area contributed by atoms with E-state index in [4.69, 9.17) is 24.4 Å². The van der Waals surface area contributed by atoms with Gasteiger partial charge in [-0.3, -0.25) is 0 Å². The predicted molar refractivity (Wildman–Crippen MR) is 135 cm³/mol. The molecule has 158 valence electrons. The third-order valence-corrected chi connectivity index (χ3v) is 5.16. The van der Waals surface area contributed by atoms with Crippen LogP contribution in [0.15, 0.2) is 70.9 Å². The van der Waals surface area contributed by atoms with Gasteiger partial charge in [0.15, 0.2) is 0 Å². The van der Waals surface area contributed by atoms with Crippen molar-refractivity contribution in [3.63, 3.8) is 0 Å². The van der Waals surface area contributed by atoms with Crippen molar-refractivity contribution < 1.29 is 0 Å². The predicted octanol–water partition coefficient (Wildman–Crippen LogP) is 2.75. The molecule has 0 aliphatic rings. The van der Waals surface area contributed by atoms with Gasteiger partial charge in [-0.05, 0) is 0 Å². The second kappa shape index (κ2) is 12.0. The SMILES string of the molecule is CN(C)C(=S)C(=NNCCNN=C(C(=S)N(C)C)c1ccccc1)c1ccccc1. The van der Waals surface area contributed by atoms with Crippen molar-refractivity contribution >= 4 is 45.8 Å². The first-order chi connectivity index (χ1) is 14.4. The molecular formula is C22H28N6S2. The molecule has 0 bridgehead atoms. The molecule has 0 unspecified atom stereocenters. The van der Waals surface area contributed by atoms with Crippen molar-refractivity contribution in [2.75, 3.05) is 41.3 Å². The molecule has 0 aliphatic heterocycles. The highest BCUT2D eigenvalue weighted by molar-refractivity contribution is 7.82. The summed E-state index contributed by atoms with van der Waals surface area (Å²) < 4.78 is 0. The molecule has 6 nitrogen and oxygen atoms in total. The van der Waals surface area contributed by atoms with Crippen molar-refractivity contribution in [3.05, 3.63) is 71.8 Å². The van der Waals surface area contributed by atoms with E-state index < -0.39 is 0 Å². The lowest BCUT2D eigenvalue weighted by atomic mass is 10.1. The van der Waals surface area contributed by atoms with E-state index in [0.717, 1.165) is 22.6 Å². The standard InChI is InChI=1S/C22H28N6S2/c1-27(2)21(29)19(17-11-7-5-8-12-17)25-23-15-16-24-26-20(22(30)28(3)4)18-13-9-6-10-14-18/h5-14,23-24H,15-16H2,1-4H3. The normalized spacial score (nSPS) is 11.6. The molecule has 0 atom stereocenters. The van der Waals surface area contributed by atoms with Crippen LogP contribution in [0.2, 0.25) is 0 Å². The summed E-state index contributed by atoms with van der Waals surface area (Å²) in [7, 11) is 7.65. The zero-order valence-corrected chi connectivity index (χ0v) is 19.4. The smallest absolute Gasteiger partial charge is 0.129 e. The van der Waals surface area contributed by atoms with Gasteiger partial charge < -0.3 is 20.7 Å². The Morgan fingerprint density at radius 2 is 1.00 bits per heavy atom. The second-order valence-corrected chi connectivity index (χ2v) is 7.64. The topological polar surface area (TPSA) is 55.3 Å². The summed E-state index contributed by atoms with van der Waals surface area (Å²) in [5.74, 6) is 0. The first-order valence-corrected chi connectivity index (χ1v) is 10.4. The maximum Gasteiger partial charge on any atom is 0.129 e. The second-order valence-electron chi connectivity index (χ2n) is 6.87. The van der Waals surface area contributed by atoms with Crippen molar-refractivity contribution in [3.8, 4) is 0 Å². The largest absolute Gasteiger partial charge is 0.367 e. The van der Waals surface area contributed by atoms with Gasteiger partial charge in [0.25, 0.3) is 0 Å². The highest BCUT2D eigenvalue weighted by Gasteiger charge is 2.13. The first-order valence-electron chi connectivity index (χ1n) is 9.57. The van der Waals surface area contributed by atoms with E-state index in [-0.39, 0.29) is 0 Å². The van der Waals surface area contributed by atoms with E-state index in [9.17, 15) is 0 Å². The third kappa shape index (κ3) is 6.89. The summed E-state index contributed by atoms with van der Waals surface area (Å²) in [4.78, 5) is 5.09. The fourth-order valence-electron chi connectivity index (χ4n) is 2.47. The Labute approximate surface area is 189 Å². The highest BCUT2D eigenvalue weighted by Crippen LogP contribution is 2.05. The average molecular weight is 441 g/mol. The Bertz CT molecular complexity index is 817. The minimum absolute atomic E-state index is 0.576. The van der Waals surface area contributed by atoms with E-state index in [1.165, 1.54) is 0 Å². The van der Waals surface area contributed by atoms with E-state index in [1.807, 2.05) is 98.7 Å². The summed E-state index contributed by atoms with van der Waals surface area (Å²) in [6, 6.07) is 19.8. The van der Waals surface area contributed by atoms with Gasteiger partial charge in [-0.15, -0.1) is 0 Å². The minimum atomic E-state index is 0.576. The summed E-state index contributed by atoms with van der Waals surface area (Å²) >= 11 is 11.0. The van der Waals surface area contributed by atoms with Crippen LogP contribution < -0.4 is 10.9 Å². The fourth-order valence-corrected chi connectivity index (χ4v) is 2.80. The number of nitrogens with zero attached hydrogens (tertiary/aromatic N) is 4. The van der Waals surface area contributed by atoms with Gasteiger partial charge in [-0.25, -0.2) is 0 Å². The molecule has 0 radical (unpaired) electrons. The fraction of sp³-hybridized carbons (Fsp3) is 0.273. The average Bonchev–Trinajstić information content (AvgIpc) is 2.76. The molecule has 8 heteroatoms. The lowest BCUT2D eigenvalue weighted by molar-refractivity contribution is 0.633. The summed E-state index contributed by atoms with van der Waals surface area (Å²) in [5, 5.41) is 9.03. The summed E-state index contributed by atoms with van der Waals surface area (Å²) in [6.07, 6.45) is 0. The maximum absolute atomic E-state index is 5.52. The lowest BCUT2D eigenvalue weighted by Gasteiger charge is -2.17. The van der Waals surface area contributed by atoms with Crippen LogP contribution in [0, 0.1) is 0 Å². The van der Waals surface area contributed by atoms with Crippen LogP contribution in [0.5, 0.6) is 0 Å². The number of hydrazone groups is 2. The van der Waals surface area contributed by atoms with Crippen LogP contribution in [-0.2, 0) is 0 Å². The first kappa shape index (κ1) is 23.4. The zero-order chi connectivity index (χ0) is 21.9. The molecule has 2 rings (SSSR count). The number of hydrogen-bond donors (Lipinski definition) is 2. The van der Waals surface area contributed by atoms with Gasteiger partial charge in [-0.1, -0.05) is 85.1 Å². The summed E-state index contributed by atoms with van der Waals surface area (Å²) in [6.45, 7) is 1.15. The molecule has 2 aromatic rings. The van der Waals surface area contributed by atoms with Gasteiger partial charge >= 0.3 is 0 Å². The Balaban J connectivity index is 2.02. The number of thiocarbonyl (C=S) groups is 2. The monoisotopic (exact) mass is 440 g/mol. The van der Waals surface area contributed by atoms with E-state index >= 15 is 0 Å². The molecule has 2 aromatic carbocycles. The molecule has 0 fully saturated rings. The van der Waals surface area contributed by atoms with E-state index in [0.29, 0.717) is 23.1 Å². The lowest BCUT2D eigenvalue weighted by Crippen LogP contribution is -2.32. The molecule has 0 heterocycles. The van der Waals surface area contributed by atoms with Crippen LogP contribution in [-0.4, -0.2) is 72.5 Å². The van der Waals surface area contributed by atoms with Crippen LogP contribution in [0.3, 0.4) is 0 Å². The zero-order valence-electron chi connectivity index (χ0n) is 17.8. The number of nitrogens with one attached hydrogen (secondary N) is 2. The van der Waals surface area contributed by atoms with Crippen molar-refractivity contribution in [2.45, 2.75) is 0 Å². The molecule has 30 heavy (non-hydrogen) atoms. The van der Waals surface area contributed by atoms with Crippen LogP contribution in [0.25, 0.3) is 0 Å². The van der Waals surface area contributed by atoms with Crippen LogP contribution >= 0.6 is 24.4 Å². The minimum Gasteiger partial charge on any atom is -0.367 e. The Kier molecular flexibility index (Phi) is 9.37. The van der Waals surface area contributed by atoms with Crippen molar-refractivity contribution in [1.29, 1.82) is 0 Å². The Morgan fingerprint density at radius 3 is 1.30 bits per heavy atom.